The molecular formula is C19H28N2O. The topological polar surface area (TPSA) is 17.4 Å². The second-order valence-corrected chi connectivity index (χ2v) is 6.43. The molecule has 22 heavy (non-hydrogen) atoms. The van der Waals surface area contributed by atoms with Crippen molar-refractivity contribution in [3.8, 4) is 0 Å². The van der Waals surface area contributed by atoms with Gasteiger partial charge < -0.3 is 9.30 Å². The summed E-state index contributed by atoms with van der Waals surface area (Å²) < 4.78 is 7.86. The lowest BCUT2D eigenvalue weighted by molar-refractivity contribution is 0.0375. The largest absolute Gasteiger partial charge is 0.379 e. The van der Waals surface area contributed by atoms with Crippen LogP contribution >= 0.6 is 0 Å². The summed E-state index contributed by atoms with van der Waals surface area (Å²) >= 11 is 0. The van der Waals surface area contributed by atoms with Gasteiger partial charge in [0.2, 0.25) is 0 Å². The molecule has 0 amide bonds. The number of aromatic nitrogens is 1. The number of fused-ring (bicyclic) bond motifs is 1. The van der Waals surface area contributed by atoms with E-state index < -0.39 is 0 Å². The van der Waals surface area contributed by atoms with Gasteiger partial charge in [-0.1, -0.05) is 19.1 Å². The van der Waals surface area contributed by atoms with Crippen molar-refractivity contribution < 1.29 is 4.74 Å². The highest BCUT2D eigenvalue weighted by molar-refractivity contribution is 5.84. The van der Waals surface area contributed by atoms with E-state index in [0.717, 1.165) is 32.8 Å². The summed E-state index contributed by atoms with van der Waals surface area (Å²) in [6.45, 7) is 10.7. The lowest BCUT2D eigenvalue weighted by Crippen LogP contribution is -2.36. The van der Waals surface area contributed by atoms with E-state index in [0.29, 0.717) is 0 Å². The van der Waals surface area contributed by atoms with Crippen molar-refractivity contribution in [3.05, 3.63) is 35.5 Å². The summed E-state index contributed by atoms with van der Waals surface area (Å²) in [5, 5.41) is 1.45. The minimum absolute atomic E-state index is 0.898. The maximum absolute atomic E-state index is 5.42. The molecule has 1 aromatic heterocycles. The number of hydrogen-bond donors (Lipinski definition) is 0. The molecule has 0 N–H and O–H groups in total. The Morgan fingerprint density at radius 2 is 1.95 bits per heavy atom. The Kier molecular flexibility index (Phi) is 5.16. The maximum atomic E-state index is 5.42. The molecule has 0 spiro atoms. The Hall–Kier alpha value is -1.32. The summed E-state index contributed by atoms with van der Waals surface area (Å²) in [6, 6.07) is 6.88. The fourth-order valence-corrected chi connectivity index (χ4v) is 3.42. The summed E-state index contributed by atoms with van der Waals surface area (Å²) in [5.41, 5.74) is 4.27. The first-order valence-electron chi connectivity index (χ1n) is 8.66. The van der Waals surface area contributed by atoms with Crippen molar-refractivity contribution in [1.82, 2.24) is 9.47 Å². The van der Waals surface area contributed by atoms with E-state index in [9.17, 15) is 0 Å². The minimum Gasteiger partial charge on any atom is -0.379 e. The van der Waals surface area contributed by atoms with Crippen LogP contribution in [0.5, 0.6) is 0 Å². The van der Waals surface area contributed by atoms with Crippen LogP contribution in [0.4, 0.5) is 0 Å². The molecule has 0 bridgehead atoms. The van der Waals surface area contributed by atoms with Crippen LogP contribution in [0.25, 0.3) is 10.9 Å². The van der Waals surface area contributed by atoms with Crippen LogP contribution in [0.15, 0.2) is 24.4 Å². The second-order valence-electron chi connectivity index (χ2n) is 6.43. The van der Waals surface area contributed by atoms with Crippen LogP contribution < -0.4 is 0 Å². The smallest absolute Gasteiger partial charge is 0.0594 e. The van der Waals surface area contributed by atoms with Gasteiger partial charge in [0.1, 0.15) is 0 Å². The number of rotatable bonds is 6. The van der Waals surface area contributed by atoms with Crippen molar-refractivity contribution in [2.24, 2.45) is 0 Å². The zero-order chi connectivity index (χ0) is 15.4. The predicted molar refractivity (Wildman–Crippen MR) is 92.5 cm³/mol. The number of hydrogen-bond acceptors (Lipinski definition) is 2. The Morgan fingerprint density at radius 1 is 1.14 bits per heavy atom. The number of morpholine rings is 1. The van der Waals surface area contributed by atoms with Crippen LogP contribution in [-0.4, -0.2) is 42.3 Å². The SMILES string of the molecule is CCCn1cc(CCCN2CCOCC2)c2ccc(C)cc21. The molecule has 1 aromatic carbocycles. The van der Waals surface area contributed by atoms with Gasteiger partial charge in [0, 0.05) is 36.7 Å². The average molecular weight is 300 g/mol. The molecule has 1 saturated heterocycles. The molecule has 0 unspecified atom stereocenters. The zero-order valence-corrected chi connectivity index (χ0v) is 14.0. The standard InChI is InChI=1S/C19H28N2O/c1-3-8-21-15-17(18-7-6-16(2)14-19(18)21)5-4-9-20-10-12-22-13-11-20/h6-7,14-15H,3-5,8-13H2,1-2H3. The molecule has 0 saturated carbocycles. The summed E-state index contributed by atoms with van der Waals surface area (Å²) in [6.07, 6.45) is 5.98. The molecule has 3 rings (SSSR count). The Bertz CT molecular complexity index is 611. The summed E-state index contributed by atoms with van der Waals surface area (Å²) in [5.74, 6) is 0. The number of benzene rings is 1. The van der Waals surface area contributed by atoms with Crippen LogP contribution in [0.2, 0.25) is 0 Å². The average Bonchev–Trinajstić information content (AvgIpc) is 2.86. The lowest BCUT2D eigenvalue weighted by Gasteiger charge is -2.26. The molecule has 0 aliphatic carbocycles. The normalized spacial score (nSPS) is 16.5. The van der Waals surface area contributed by atoms with Crippen LogP contribution in [0.1, 0.15) is 30.9 Å². The highest BCUT2D eigenvalue weighted by atomic mass is 16.5. The van der Waals surface area contributed by atoms with Gasteiger partial charge in [-0.15, -0.1) is 0 Å². The van der Waals surface area contributed by atoms with Crippen LogP contribution in [0.3, 0.4) is 0 Å². The maximum Gasteiger partial charge on any atom is 0.0594 e. The van der Waals surface area contributed by atoms with Crippen molar-refractivity contribution in [2.45, 2.75) is 39.7 Å². The fourth-order valence-electron chi connectivity index (χ4n) is 3.42. The van der Waals surface area contributed by atoms with Crippen molar-refractivity contribution >= 4 is 10.9 Å². The number of aryl methyl sites for hydroxylation is 3. The molecule has 0 radical (unpaired) electrons. The highest BCUT2D eigenvalue weighted by Crippen LogP contribution is 2.24. The van der Waals surface area contributed by atoms with E-state index in [1.54, 1.807) is 0 Å². The van der Waals surface area contributed by atoms with E-state index >= 15 is 0 Å². The Morgan fingerprint density at radius 3 is 2.73 bits per heavy atom. The van der Waals surface area contributed by atoms with Gasteiger partial charge in [-0.2, -0.15) is 0 Å². The fraction of sp³-hybridized carbons (Fsp3) is 0.579. The van der Waals surface area contributed by atoms with Crippen LogP contribution in [0, 0.1) is 6.92 Å². The van der Waals surface area contributed by atoms with Crippen LogP contribution in [-0.2, 0) is 17.7 Å². The van der Waals surface area contributed by atoms with Gasteiger partial charge in [0.15, 0.2) is 0 Å². The monoisotopic (exact) mass is 300 g/mol. The molecular weight excluding hydrogens is 272 g/mol. The third-order valence-corrected chi connectivity index (χ3v) is 4.61. The van der Waals surface area contributed by atoms with Crippen molar-refractivity contribution in [3.63, 3.8) is 0 Å². The van der Waals surface area contributed by atoms with Gasteiger partial charge in [-0.05, 0) is 49.9 Å². The third kappa shape index (κ3) is 3.53. The molecule has 2 heterocycles. The van der Waals surface area contributed by atoms with E-state index in [-0.39, 0.29) is 0 Å². The second kappa shape index (κ2) is 7.30. The lowest BCUT2D eigenvalue weighted by atomic mass is 10.1. The molecule has 3 heteroatoms. The van der Waals surface area contributed by atoms with Gasteiger partial charge in [0.25, 0.3) is 0 Å². The number of ether oxygens (including phenoxy) is 1. The van der Waals surface area contributed by atoms with E-state index in [1.807, 2.05) is 0 Å². The Balaban J connectivity index is 1.69. The first-order chi connectivity index (χ1) is 10.8. The predicted octanol–water partition coefficient (Wildman–Crippen LogP) is 3.62. The summed E-state index contributed by atoms with van der Waals surface area (Å²) in [7, 11) is 0. The molecule has 1 aliphatic heterocycles. The van der Waals surface area contributed by atoms with E-state index in [1.165, 1.54) is 47.8 Å². The highest BCUT2D eigenvalue weighted by Gasteiger charge is 2.12. The van der Waals surface area contributed by atoms with Gasteiger partial charge >= 0.3 is 0 Å². The minimum atomic E-state index is 0.898. The van der Waals surface area contributed by atoms with Gasteiger partial charge in [-0.3, -0.25) is 4.90 Å². The van der Waals surface area contributed by atoms with Gasteiger partial charge in [-0.25, -0.2) is 0 Å². The summed E-state index contributed by atoms with van der Waals surface area (Å²) in [4.78, 5) is 2.53. The van der Waals surface area contributed by atoms with Crippen molar-refractivity contribution in [1.29, 1.82) is 0 Å². The molecule has 3 nitrogen and oxygen atoms in total. The zero-order valence-electron chi connectivity index (χ0n) is 14.0. The molecule has 120 valence electrons. The number of nitrogens with zero attached hydrogens (tertiary/aromatic N) is 2. The van der Waals surface area contributed by atoms with Gasteiger partial charge in [0.05, 0.1) is 13.2 Å². The third-order valence-electron chi connectivity index (χ3n) is 4.61. The molecule has 2 aromatic rings. The molecule has 0 atom stereocenters. The molecule has 1 aliphatic rings. The van der Waals surface area contributed by atoms with Crippen molar-refractivity contribution in [2.75, 3.05) is 32.8 Å². The quantitative estimate of drug-likeness (QED) is 0.810. The molecule has 1 fully saturated rings. The van der Waals surface area contributed by atoms with E-state index in [2.05, 4.69) is 47.7 Å². The first kappa shape index (κ1) is 15.6. The first-order valence-corrected chi connectivity index (χ1v) is 8.66. The Labute approximate surface area is 133 Å². The van der Waals surface area contributed by atoms with E-state index in [4.69, 9.17) is 4.74 Å².